The third-order valence-electron chi connectivity index (χ3n) is 2.92. The average molecular weight is 244 g/mol. The minimum Gasteiger partial charge on any atom is -0.398 e. The van der Waals surface area contributed by atoms with Crippen molar-refractivity contribution in [2.75, 3.05) is 5.73 Å². The highest BCUT2D eigenvalue weighted by atomic mass is 16.1. The number of hydrogen-bond acceptors (Lipinski definition) is 4. The van der Waals surface area contributed by atoms with Gasteiger partial charge in [-0.1, -0.05) is 12.1 Å². The highest BCUT2D eigenvalue weighted by Gasteiger charge is 2.12. The number of rotatable bonds is 4. The second kappa shape index (κ2) is 5.00. The topological polar surface area (TPSA) is 73.8 Å². The van der Waals surface area contributed by atoms with Crippen molar-refractivity contribution in [1.82, 2.24) is 14.8 Å². The molecule has 0 spiro atoms. The summed E-state index contributed by atoms with van der Waals surface area (Å²) in [6.07, 6.45) is 1.71. The second-order valence-corrected chi connectivity index (χ2v) is 4.16. The van der Waals surface area contributed by atoms with Crippen LogP contribution in [0, 0.1) is 6.92 Å². The van der Waals surface area contributed by atoms with E-state index in [2.05, 4.69) is 10.1 Å². The fourth-order valence-electron chi connectivity index (χ4n) is 1.75. The number of carbonyl (C=O) groups excluding carboxylic acids is 1. The number of nitrogens with zero attached hydrogens (tertiary/aromatic N) is 3. The van der Waals surface area contributed by atoms with Crippen molar-refractivity contribution in [2.45, 2.75) is 26.8 Å². The summed E-state index contributed by atoms with van der Waals surface area (Å²) in [5.74, 6) is 0.686. The van der Waals surface area contributed by atoms with E-state index >= 15 is 0 Å². The molecule has 0 saturated carbocycles. The van der Waals surface area contributed by atoms with Gasteiger partial charge >= 0.3 is 0 Å². The van der Waals surface area contributed by atoms with Crippen LogP contribution < -0.4 is 5.73 Å². The van der Waals surface area contributed by atoms with Crippen LogP contribution in [0.1, 0.15) is 28.7 Å². The van der Waals surface area contributed by atoms with E-state index in [1.807, 2.05) is 19.9 Å². The van der Waals surface area contributed by atoms with Gasteiger partial charge in [0.15, 0.2) is 5.78 Å². The third-order valence-corrected chi connectivity index (χ3v) is 2.92. The Balaban J connectivity index is 2.19. The van der Waals surface area contributed by atoms with Crippen LogP contribution in [0.5, 0.6) is 0 Å². The first-order valence-electron chi connectivity index (χ1n) is 5.87. The summed E-state index contributed by atoms with van der Waals surface area (Å²) in [4.78, 5) is 16.2. The number of aryl methyl sites for hydroxylation is 2. The molecule has 0 fully saturated rings. The largest absolute Gasteiger partial charge is 0.398 e. The molecule has 2 N–H and O–H groups in total. The maximum absolute atomic E-state index is 12.1. The molecule has 0 bridgehead atoms. The van der Waals surface area contributed by atoms with Gasteiger partial charge < -0.3 is 5.73 Å². The van der Waals surface area contributed by atoms with E-state index in [1.54, 1.807) is 16.8 Å². The Morgan fingerprint density at radius 1 is 1.44 bits per heavy atom. The van der Waals surface area contributed by atoms with Crippen molar-refractivity contribution < 1.29 is 4.79 Å². The molecule has 1 aromatic heterocycles. The lowest BCUT2D eigenvalue weighted by Gasteiger charge is -2.05. The first-order chi connectivity index (χ1) is 8.61. The monoisotopic (exact) mass is 244 g/mol. The quantitative estimate of drug-likeness (QED) is 0.655. The zero-order chi connectivity index (χ0) is 13.1. The van der Waals surface area contributed by atoms with Crippen LogP contribution in [0.4, 0.5) is 5.69 Å². The number of nitrogen functional groups attached to an aromatic ring is 1. The number of anilines is 1. The van der Waals surface area contributed by atoms with Crippen molar-refractivity contribution in [3.63, 3.8) is 0 Å². The standard InChI is InChI=1S/C13H16N4O/c1-3-17-13(15-8-16-17)7-12(18)10-5-4-9(2)11(14)6-10/h4-6,8H,3,7,14H2,1-2H3. The average Bonchev–Trinajstić information content (AvgIpc) is 2.79. The molecule has 1 heterocycles. The number of aromatic nitrogens is 3. The van der Waals surface area contributed by atoms with Gasteiger partial charge in [0, 0.05) is 17.8 Å². The van der Waals surface area contributed by atoms with Crippen molar-refractivity contribution >= 4 is 11.5 Å². The van der Waals surface area contributed by atoms with Gasteiger partial charge in [-0.3, -0.25) is 4.79 Å². The zero-order valence-corrected chi connectivity index (χ0v) is 10.6. The van der Waals surface area contributed by atoms with Crippen LogP contribution in [-0.2, 0) is 13.0 Å². The van der Waals surface area contributed by atoms with E-state index < -0.39 is 0 Å². The fourth-order valence-corrected chi connectivity index (χ4v) is 1.75. The summed E-state index contributed by atoms with van der Waals surface area (Å²) in [5.41, 5.74) is 8.03. The highest BCUT2D eigenvalue weighted by Crippen LogP contribution is 2.14. The molecule has 1 aromatic carbocycles. The maximum atomic E-state index is 12.1. The molecule has 0 atom stereocenters. The molecule has 2 rings (SSSR count). The van der Waals surface area contributed by atoms with E-state index in [-0.39, 0.29) is 12.2 Å². The number of carbonyl (C=O) groups is 1. The van der Waals surface area contributed by atoms with Gasteiger partial charge in [-0.25, -0.2) is 9.67 Å². The van der Waals surface area contributed by atoms with Crippen molar-refractivity contribution in [1.29, 1.82) is 0 Å². The predicted octanol–water partition coefficient (Wildman–Crippen LogP) is 1.61. The summed E-state index contributed by atoms with van der Waals surface area (Å²) >= 11 is 0. The summed E-state index contributed by atoms with van der Waals surface area (Å²) < 4.78 is 1.72. The van der Waals surface area contributed by atoms with E-state index in [4.69, 9.17) is 5.73 Å². The molecule has 0 amide bonds. The molecule has 5 heteroatoms. The Morgan fingerprint density at radius 3 is 2.89 bits per heavy atom. The zero-order valence-electron chi connectivity index (χ0n) is 10.6. The van der Waals surface area contributed by atoms with Crippen molar-refractivity contribution in [3.05, 3.63) is 41.5 Å². The van der Waals surface area contributed by atoms with Crippen molar-refractivity contribution in [3.8, 4) is 0 Å². The molecule has 0 aliphatic carbocycles. The number of Topliss-reactive ketones (excluding diaryl/α,β-unsaturated/α-hetero) is 1. The lowest BCUT2D eigenvalue weighted by molar-refractivity contribution is 0.0989. The lowest BCUT2D eigenvalue weighted by Crippen LogP contribution is -2.11. The Kier molecular flexibility index (Phi) is 3.41. The molecule has 0 unspecified atom stereocenters. The highest BCUT2D eigenvalue weighted by molar-refractivity contribution is 5.98. The number of hydrogen-bond donors (Lipinski definition) is 1. The van der Waals surface area contributed by atoms with E-state index in [1.165, 1.54) is 6.33 Å². The molecule has 5 nitrogen and oxygen atoms in total. The smallest absolute Gasteiger partial charge is 0.170 e. The minimum atomic E-state index is 0.00407. The van der Waals surface area contributed by atoms with Crippen LogP contribution in [0.2, 0.25) is 0 Å². The van der Waals surface area contributed by atoms with Crippen LogP contribution in [0.3, 0.4) is 0 Å². The maximum Gasteiger partial charge on any atom is 0.170 e. The normalized spacial score (nSPS) is 10.6. The minimum absolute atomic E-state index is 0.00407. The predicted molar refractivity (Wildman–Crippen MR) is 69.3 cm³/mol. The summed E-state index contributed by atoms with van der Waals surface area (Å²) in [6.45, 7) is 4.59. The molecule has 0 aliphatic rings. The van der Waals surface area contributed by atoms with Crippen LogP contribution in [-0.4, -0.2) is 20.5 Å². The molecule has 0 aliphatic heterocycles. The Hall–Kier alpha value is -2.17. The SMILES string of the molecule is CCn1ncnc1CC(=O)c1ccc(C)c(N)c1. The summed E-state index contributed by atoms with van der Waals surface area (Å²) in [6, 6.07) is 5.36. The van der Waals surface area contributed by atoms with E-state index in [9.17, 15) is 4.79 Å². The van der Waals surface area contributed by atoms with Gasteiger partial charge in [-0.15, -0.1) is 0 Å². The molecular weight excluding hydrogens is 228 g/mol. The van der Waals surface area contributed by atoms with Gasteiger partial charge in [0.05, 0.1) is 6.42 Å². The van der Waals surface area contributed by atoms with Gasteiger partial charge in [-0.2, -0.15) is 5.10 Å². The summed E-state index contributed by atoms with van der Waals surface area (Å²) in [7, 11) is 0. The molecular formula is C13H16N4O. The van der Waals surface area contributed by atoms with Crippen LogP contribution in [0.25, 0.3) is 0 Å². The molecule has 94 valence electrons. The van der Waals surface area contributed by atoms with Gasteiger partial charge in [0.1, 0.15) is 12.2 Å². The molecule has 0 saturated heterocycles. The summed E-state index contributed by atoms with van der Waals surface area (Å²) in [5, 5.41) is 4.04. The van der Waals surface area contributed by atoms with Crippen molar-refractivity contribution in [2.24, 2.45) is 0 Å². The first-order valence-corrected chi connectivity index (χ1v) is 5.87. The van der Waals surface area contributed by atoms with E-state index in [0.29, 0.717) is 23.6 Å². The van der Waals surface area contributed by atoms with E-state index in [0.717, 1.165) is 5.56 Å². The van der Waals surface area contributed by atoms with Gasteiger partial charge in [0.25, 0.3) is 0 Å². The number of ketones is 1. The number of benzene rings is 1. The Bertz CT molecular complexity index is 574. The second-order valence-electron chi connectivity index (χ2n) is 4.16. The van der Waals surface area contributed by atoms with Gasteiger partial charge in [-0.05, 0) is 25.5 Å². The molecule has 2 aromatic rings. The molecule has 0 radical (unpaired) electrons. The number of nitrogens with two attached hydrogens (primary N) is 1. The Morgan fingerprint density at radius 2 is 2.22 bits per heavy atom. The van der Waals surface area contributed by atoms with Gasteiger partial charge in [0.2, 0.25) is 0 Å². The fraction of sp³-hybridized carbons (Fsp3) is 0.308. The van der Waals surface area contributed by atoms with Crippen LogP contribution in [0.15, 0.2) is 24.5 Å². The first kappa shape index (κ1) is 12.3. The third kappa shape index (κ3) is 2.40. The molecule has 18 heavy (non-hydrogen) atoms. The lowest BCUT2D eigenvalue weighted by atomic mass is 10.0. The van der Waals surface area contributed by atoms with Crippen LogP contribution >= 0.6 is 0 Å². The Labute approximate surface area is 106 Å².